The highest BCUT2D eigenvalue weighted by molar-refractivity contribution is 6.16. The molecule has 2 aromatic rings. The zero-order valence-corrected chi connectivity index (χ0v) is 11.7. The molecular formula is C17H15NO3. The van der Waals surface area contributed by atoms with Gasteiger partial charge in [-0.05, 0) is 17.7 Å². The molecule has 0 unspecified atom stereocenters. The van der Waals surface area contributed by atoms with E-state index in [1.54, 1.807) is 18.2 Å². The number of hydrogen-bond donors (Lipinski definition) is 0. The monoisotopic (exact) mass is 281 g/mol. The van der Waals surface area contributed by atoms with Gasteiger partial charge in [0.1, 0.15) is 12.4 Å². The summed E-state index contributed by atoms with van der Waals surface area (Å²) in [5, 5.41) is 0. The molecule has 0 saturated carbocycles. The van der Waals surface area contributed by atoms with E-state index in [1.807, 2.05) is 30.3 Å². The molecule has 2 aromatic carbocycles. The van der Waals surface area contributed by atoms with Crippen LogP contribution in [0.25, 0.3) is 0 Å². The van der Waals surface area contributed by atoms with Crippen LogP contribution in [0.2, 0.25) is 0 Å². The lowest BCUT2D eigenvalue weighted by Gasteiger charge is -2.14. The molecule has 1 aliphatic rings. The number of fused-ring (bicyclic) bond motifs is 1. The van der Waals surface area contributed by atoms with Gasteiger partial charge >= 0.3 is 0 Å². The summed E-state index contributed by atoms with van der Waals surface area (Å²) in [6.45, 7) is 1.95. The number of hydrogen-bond acceptors (Lipinski definition) is 3. The molecule has 0 atom stereocenters. The van der Waals surface area contributed by atoms with Crippen LogP contribution in [0.1, 0.15) is 22.8 Å². The quantitative estimate of drug-likeness (QED) is 0.869. The van der Waals surface area contributed by atoms with Crippen LogP contribution in [-0.2, 0) is 11.4 Å². The number of ether oxygens (including phenoxy) is 1. The van der Waals surface area contributed by atoms with Gasteiger partial charge in [0, 0.05) is 6.92 Å². The second-order valence-corrected chi connectivity index (χ2v) is 4.95. The Kier molecular flexibility index (Phi) is 3.44. The molecule has 1 aliphatic heterocycles. The smallest absolute Gasteiger partial charge is 0.224 e. The van der Waals surface area contributed by atoms with E-state index < -0.39 is 0 Å². The molecule has 3 rings (SSSR count). The number of rotatable bonds is 3. The van der Waals surface area contributed by atoms with Crippen molar-refractivity contribution in [2.75, 3.05) is 11.4 Å². The molecule has 4 nitrogen and oxygen atoms in total. The van der Waals surface area contributed by atoms with Gasteiger partial charge in [-0.1, -0.05) is 36.4 Å². The number of anilines is 1. The number of carbonyl (C=O) groups excluding carboxylic acids is 2. The highest BCUT2D eigenvalue weighted by Gasteiger charge is 2.31. The number of nitrogens with zero attached hydrogens (tertiary/aromatic N) is 1. The topological polar surface area (TPSA) is 46.6 Å². The van der Waals surface area contributed by atoms with E-state index in [4.69, 9.17) is 4.74 Å². The third-order valence-electron chi connectivity index (χ3n) is 3.49. The predicted molar refractivity (Wildman–Crippen MR) is 79.6 cm³/mol. The highest BCUT2D eigenvalue weighted by Crippen LogP contribution is 2.35. The summed E-state index contributed by atoms with van der Waals surface area (Å²) >= 11 is 0. The van der Waals surface area contributed by atoms with E-state index in [9.17, 15) is 9.59 Å². The van der Waals surface area contributed by atoms with E-state index in [2.05, 4.69) is 0 Å². The lowest BCUT2D eigenvalue weighted by atomic mass is 10.1. The highest BCUT2D eigenvalue weighted by atomic mass is 16.5. The first-order valence-electron chi connectivity index (χ1n) is 6.78. The summed E-state index contributed by atoms with van der Waals surface area (Å²) in [6.07, 6.45) is 0. The Morgan fingerprint density at radius 1 is 1.14 bits per heavy atom. The Bertz CT molecular complexity index is 694. The van der Waals surface area contributed by atoms with Gasteiger partial charge in [0.15, 0.2) is 5.78 Å². The van der Waals surface area contributed by atoms with Gasteiger partial charge in [-0.3, -0.25) is 9.59 Å². The number of carbonyl (C=O) groups is 2. The van der Waals surface area contributed by atoms with Crippen molar-refractivity contribution in [2.45, 2.75) is 13.5 Å². The summed E-state index contributed by atoms with van der Waals surface area (Å²) in [5.74, 6) is 0.316. The van der Waals surface area contributed by atoms with Gasteiger partial charge in [-0.2, -0.15) is 0 Å². The molecule has 0 saturated heterocycles. The largest absolute Gasteiger partial charge is 0.488 e. The predicted octanol–water partition coefficient (Wildman–Crippen LogP) is 2.81. The molecule has 1 heterocycles. The zero-order chi connectivity index (χ0) is 14.8. The second kappa shape index (κ2) is 5.40. The van der Waals surface area contributed by atoms with E-state index in [0.717, 1.165) is 5.56 Å². The van der Waals surface area contributed by atoms with E-state index >= 15 is 0 Å². The van der Waals surface area contributed by atoms with Crippen LogP contribution in [0, 0.1) is 0 Å². The SMILES string of the molecule is CC(=O)N1CC(=O)c2c(OCc3ccccc3)cccc21. The van der Waals surface area contributed by atoms with Crippen molar-refractivity contribution in [3.8, 4) is 5.75 Å². The van der Waals surface area contributed by atoms with Crippen LogP contribution in [0.4, 0.5) is 5.69 Å². The molecule has 4 heteroatoms. The molecule has 106 valence electrons. The maximum Gasteiger partial charge on any atom is 0.224 e. The fourth-order valence-corrected chi connectivity index (χ4v) is 2.47. The van der Waals surface area contributed by atoms with Crippen LogP contribution in [0.5, 0.6) is 5.75 Å². The Balaban J connectivity index is 1.88. The maximum absolute atomic E-state index is 12.1. The van der Waals surface area contributed by atoms with Crippen molar-refractivity contribution in [2.24, 2.45) is 0 Å². The minimum absolute atomic E-state index is 0.0798. The van der Waals surface area contributed by atoms with Gasteiger partial charge in [-0.25, -0.2) is 0 Å². The van der Waals surface area contributed by atoms with E-state index in [1.165, 1.54) is 11.8 Å². The van der Waals surface area contributed by atoms with Gasteiger partial charge < -0.3 is 9.64 Å². The summed E-state index contributed by atoms with van der Waals surface area (Å²) in [5.41, 5.74) is 2.17. The van der Waals surface area contributed by atoms with Gasteiger partial charge in [-0.15, -0.1) is 0 Å². The second-order valence-electron chi connectivity index (χ2n) is 4.95. The molecule has 0 aliphatic carbocycles. The van der Waals surface area contributed by atoms with E-state index in [0.29, 0.717) is 23.6 Å². The number of ketones is 1. The molecule has 21 heavy (non-hydrogen) atoms. The minimum Gasteiger partial charge on any atom is -0.488 e. The van der Waals surface area contributed by atoms with Gasteiger partial charge in [0.2, 0.25) is 5.91 Å². The van der Waals surface area contributed by atoms with Gasteiger partial charge in [0.25, 0.3) is 0 Å². The van der Waals surface area contributed by atoms with Crippen molar-refractivity contribution in [1.82, 2.24) is 0 Å². The van der Waals surface area contributed by atoms with Gasteiger partial charge in [0.05, 0.1) is 17.8 Å². The lowest BCUT2D eigenvalue weighted by Crippen LogP contribution is -2.27. The number of amides is 1. The Morgan fingerprint density at radius 2 is 1.90 bits per heavy atom. The lowest BCUT2D eigenvalue weighted by molar-refractivity contribution is -0.116. The Labute approximate surface area is 123 Å². The number of benzene rings is 2. The fourth-order valence-electron chi connectivity index (χ4n) is 2.47. The van der Waals surface area contributed by atoms with Crippen LogP contribution in [0.15, 0.2) is 48.5 Å². The Hall–Kier alpha value is -2.62. The Morgan fingerprint density at radius 3 is 2.62 bits per heavy atom. The number of Topliss-reactive ketones (excluding diaryl/α,β-unsaturated/α-hetero) is 1. The molecule has 0 spiro atoms. The van der Waals surface area contributed by atoms with Crippen molar-refractivity contribution in [1.29, 1.82) is 0 Å². The van der Waals surface area contributed by atoms with Crippen LogP contribution >= 0.6 is 0 Å². The molecule has 0 fully saturated rings. The normalized spacial score (nSPS) is 13.2. The first-order valence-corrected chi connectivity index (χ1v) is 6.78. The summed E-state index contributed by atoms with van der Waals surface area (Å²) in [4.78, 5) is 25.2. The van der Waals surface area contributed by atoms with Crippen molar-refractivity contribution < 1.29 is 14.3 Å². The average Bonchev–Trinajstić information content (AvgIpc) is 2.84. The summed E-state index contributed by atoms with van der Waals surface area (Å²) in [7, 11) is 0. The van der Waals surface area contributed by atoms with Crippen molar-refractivity contribution in [3.63, 3.8) is 0 Å². The standard InChI is InChI=1S/C17H15NO3/c1-12(19)18-10-15(20)17-14(18)8-5-9-16(17)21-11-13-6-3-2-4-7-13/h2-9H,10-11H2,1H3. The zero-order valence-electron chi connectivity index (χ0n) is 11.7. The summed E-state index contributed by atoms with van der Waals surface area (Å²) in [6, 6.07) is 15.1. The maximum atomic E-state index is 12.1. The summed E-state index contributed by atoms with van der Waals surface area (Å²) < 4.78 is 5.77. The van der Waals surface area contributed by atoms with Crippen LogP contribution < -0.4 is 9.64 Å². The fraction of sp³-hybridized carbons (Fsp3) is 0.176. The first-order chi connectivity index (χ1) is 10.2. The molecule has 0 radical (unpaired) electrons. The minimum atomic E-state index is -0.137. The molecule has 0 N–H and O–H groups in total. The molecular weight excluding hydrogens is 266 g/mol. The van der Waals surface area contributed by atoms with Crippen molar-refractivity contribution >= 4 is 17.4 Å². The molecule has 0 bridgehead atoms. The third-order valence-corrected chi connectivity index (χ3v) is 3.49. The average molecular weight is 281 g/mol. The molecule has 1 amide bonds. The van der Waals surface area contributed by atoms with Crippen LogP contribution in [-0.4, -0.2) is 18.2 Å². The molecule has 0 aromatic heterocycles. The van der Waals surface area contributed by atoms with E-state index in [-0.39, 0.29) is 18.2 Å². The third kappa shape index (κ3) is 2.52. The van der Waals surface area contributed by atoms with Crippen LogP contribution in [0.3, 0.4) is 0 Å². The first kappa shape index (κ1) is 13.4. The van der Waals surface area contributed by atoms with Crippen molar-refractivity contribution in [3.05, 3.63) is 59.7 Å².